The molecule has 3 aromatic carbocycles. The number of hydrogen-bond donors (Lipinski definition) is 1. The van der Waals surface area contributed by atoms with Crippen LogP contribution in [0.3, 0.4) is 0 Å². The molecule has 0 saturated heterocycles. The zero-order valence-corrected chi connectivity index (χ0v) is 18.1. The molecule has 0 unspecified atom stereocenters. The summed E-state index contributed by atoms with van der Waals surface area (Å²) in [6.07, 6.45) is 0.392. The van der Waals surface area contributed by atoms with Crippen LogP contribution >= 0.6 is 11.8 Å². The van der Waals surface area contributed by atoms with E-state index in [9.17, 15) is 14.0 Å². The van der Waals surface area contributed by atoms with Crippen molar-refractivity contribution in [3.05, 3.63) is 102 Å². The van der Waals surface area contributed by atoms with Gasteiger partial charge in [0.15, 0.2) is 0 Å². The van der Waals surface area contributed by atoms with Crippen molar-refractivity contribution in [3.8, 4) is 0 Å². The first-order valence-corrected chi connectivity index (χ1v) is 11.0. The molecule has 1 N–H and O–H groups in total. The number of halogens is 1. The molecule has 6 heteroatoms. The molecule has 0 saturated carbocycles. The molecule has 160 valence electrons. The van der Waals surface area contributed by atoms with E-state index in [0.29, 0.717) is 6.42 Å². The Morgan fingerprint density at radius 2 is 1.52 bits per heavy atom. The molecule has 31 heavy (non-hydrogen) atoms. The fourth-order valence-electron chi connectivity index (χ4n) is 3.25. The number of nitrogens with zero attached hydrogens (tertiary/aromatic N) is 1. The van der Waals surface area contributed by atoms with Crippen LogP contribution in [0, 0.1) is 5.82 Å². The van der Waals surface area contributed by atoms with Crippen LogP contribution in [-0.4, -0.2) is 35.6 Å². The highest BCUT2D eigenvalue weighted by atomic mass is 32.2. The van der Waals surface area contributed by atoms with Crippen molar-refractivity contribution in [1.82, 2.24) is 10.2 Å². The van der Waals surface area contributed by atoms with E-state index in [1.165, 1.54) is 23.9 Å². The molecule has 3 aromatic rings. The fourth-order valence-corrected chi connectivity index (χ4v) is 4.06. The second-order valence-corrected chi connectivity index (χ2v) is 8.12. The molecule has 1 atom stereocenters. The molecule has 3 rings (SSSR count). The first kappa shape index (κ1) is 22.6. The maximum absolute atomic E-state index is 13.4. The molecule has 0 aromatic heterocycles. The number of carbonyl (C=O) groups is 2. The van der Waals surface area contributed by atoms with Gasteiger partial charge in [-0.15, -0.1) is 11.8 Å². The van der Waals surface area contributed by atoms with Gasteiger partial charge in [-0.2, -0.15) is 0 Å². The molecule has 0 aliphatic heterocycles. The summed E-state index contributed by atoms with van der Waals surface area (Å²) in [6.45, 7) is 0.222. The van der Waals surface area contributed by atoms with Crippen LogP contribution in [-0.2, 0) is 22.6 Å². The number of nitrogens with one attached hydrogen (secondary N) is 1. The van der Waals surface area contributed by atoms with Crippen LogP contribution in [0.1, 0.15) is 11.1 Å². The zero-order valence-electron chi connectivity index (χ0n) is 17.3. The van der Waals surface area contributed by atoms with Gasteiger partial charge in [0.2, 0.25) is 11.8 Å². The predicted molar refractivity (Wildman–Crippen MR) is 122 cm³/mol. The lowest BCUT2D eigenvalue weighted by Crippen LogP contribution is -2.50. The minimum Gasteiger partial charge on any atom is -0.357 e. The standard InChI is InChI=1S/C25H25FN2O2S/c1-27-25(30)23(16-19-8-4-2-5-9-19)28(17-20-12-14-21(26)15-13-20)24(29)18-31-22-10-6-3-7-11-22/h2-15,23H,16-18H2,1H3,(H,27,30)/t23-/m1/s1. The lowest BCUT2D eigenvalue weighted by atomic mass is 10.0. The Hall–Kier alpha value is -3.12. The summed E-state index contributed by atoms with van der Waals surface area (Å²) in [5.41, 5.74) is 1.73. The summed E-state index contributed by atoms with van der Waals surface area (Å²) in [5, 5.41) is 2.69. The van der Waals surface area contributed by atoms with E-state index < -0.39 is 6.04 Å². The van der Waals surface area contributed by atoms with Crippen LogP contribution in [0.4, 0.5) is 4.39 Å². The third kappa shape index (κ3) is 6.69. The first-order valence-electron chi connectivity index (χ1n) is 10.0. The molecule has 4 nitrogen and oxygen atoms in total. The van der Waals surface area contributed by atoms with E-state index in [1.807, 2.05) is 60.7 Å². The minimum absolute atomic E-state index is 0.150. The molecular weight excluding hydrogens is 411 g/mol. The second kappa shape index (κ2) is 11.3. The van der Waals surface area contributed by atoms with Crippen molar-refractivity contribution in [1.29, 1.82) is 0 Å². The maximum atomic E-state index is 13.4. The van der Waals surface area contributed by atoms with Crippen LogP contribution in [0.5, 0.6) is 0 Å². The van der Waals surface area contributed by atoms with Crippen molar-refractivity contribution in [2.45, 2.75) is 23.9 Å². The molecule has 0 fully saturated rings. The van der Waals surface area contributed by atoms with Crippen molar-refractivity contribution in [2.24, 2.45) is 0 Å². The van der Waals surface area contributed by atoms with E-state index in [1.54, 1.807) is 24.1 Å². The predicted octanol–water partition coefficient (Wildman–Crippen LogP) is 4.30. The Balaban J connectivity index is 1.86. The summed E-state index contributed by atoms with van der Waals surface area (Å²) in [7, 11) is 1.57. The topological polar surface area (TPSA) is 49.4 Å². The van der Waals surface area contributed by atoms with Gasteiger partial charge in [-0.05, 0) is 35.4 Å². The van der Waals surface area contributed by atoms with Crippen LogP contribution in [0.2, 0.25) is 0 Å². The smallest absolute Gasteiger partial charge is 0.242 e. The largest absolute Gasteiger partial charge is 0.357 e. The SMILES string of the molecule is CNC(=O)[C@@H](Cc1ccccc1)N(Cc1ccc(F)cc1)C(=O)CSc1ccccc1. The highest BCUT2D eigenvalue weighted by Crippen LogP contribution is 2.21. The third-order valence-corrected chi connectivity index (χ3v) is 5.89. The van der Waals surface area contributed by atoms with Gasteiger partial charge >= 0.3 is 0 Å². The van der Waals surface area contributed by atoms with Gasteiger partial charge in [-0.3, -0.25) is 9.59 Å². The third-order valence-electron chi connectivity index (χ3n) is 4.89. The Labute approximate surface area is 186 Å². The molecule has 0 aliphatic rings. The quantitative estimate of drug-likeness (QED) is 0.509. The molecule has 0 radical (unpaired) electrons. The number of thioether (sulfide) groups is 1. The van der Waals surface area contributed by atoms with E-state index in [-0.39, 0.29) is 29.9 Å². The minimum atomic E-state index is -0.679. The molecule has 0 heterocycles. The van der Waals surface area contributed by atoms with Crippen LogP contribution in [0.25, 0.3) is 0 Å². The monoisotopic (exact) mass is 436 g/mol. The molecular formula is C25H25FN2O2S. The second-order valence-electron chi connectivity index (χ2n) is 7.07. The summed E-state index contributed by atoms with van der Waals surface area (Å²) >= 11 is 1.43. The Morgan fingerprint density at radius 1 is 0.903 bits per heavy atom. The number of benzene rings is 3. The number of carbonyl (C=O) groups excluding carboxylic acids is 2. The van der Waals surface area contributed by atoms with Gasteiger partial charge in [0, 0.05) is 24.9 Å². The van der Waals surface area contributed by atoms with Crippen LogP contribution in [0.15, 0.2) is 89.8 Å². The molecule has 0 spiro atoms. The van der Waals surface area contributed by atoms with E-state index in [0.717, 1.165) is 16.0 Å². The Bertz CT molecular complexity index is 981. The summed E-state index contributed by atoms with van der Waals surface area (Å²) in [6, 6.07) is 24.6. The summed E-state index contributed by atoms with van der Waals surface area (Å²) < 4.78 is 13.4. The Morgan fingerprint density at radius 3 is 2.13 bits per heavy atom. The van der Waals surface area contributed by atoms with E-state index in [4.69, 9.17) is 0 Å². The normalized spacial score (nSPS) is 11.5. The van der Waals surface area contributed by atoms with E-state index in [2.05, 4.69) is 5.32 Å². The zero-order chi connectivity index (χ0) is 22.1. The summed E-state index contributed by atoms with van der Waals surface area (Å²) in [4.78, 5) is 28.7. The van der Waals surface area contributed by atoms with Gasteiger partial charge in [0.1, 0.15) is 11.9 Å². The van der Waals surface area contributed by atoms with Crippen LogP contribution < -0.4 is 5.32 Å². The van der Waals surface area contributed by atoms with Gasteiger partial charge < -0.3 is 10.2 Å². The number of hydrogen-bond acceptors (Lipinski definition) is 3. The van der Waals surface area contributed by atoms with E-state index >= 15 is 0 Å². The first-order chi connectivity index (χ1) is 15.1. The average Bonchev–Trinajstić information content (AvgIpc) is 2.81. The highest BCUT2D eigenvalue weighted by Gasteiger charge is 2.29. The average molecular weight is 437 g/mol. The lowest BCUT2D eigenvalue weighted by Gasteiger charge is -2.31. The fraction of sp³-hybridized carbons (Fsp3) is 0.200. The summed E-state index contributed by atoms with van der Waals surface area (Å²) in [5.74, 6) is -0.520. The van der Waals surface area contributed by atoms with Crippen molar-refractivity contribution < 1.29 is 14.0 Å². The van der Waals surface area contributed by atoms with Crippen molar-refractivity contribution in [2.75, 3.05) is 12.8 Å². The maximum Gasteiger partial charge on any atom is 0.242 e. The van der Waals surface area contributed by atoms with Crippen molar-refractivity contribution in [3.63, 3.8) is 0 Å². The van der Waals surface area contributed by atoms with Gasteiger partial charge in [0.25, 0.3) is 0 Å². The van der Waals surface area contributed by atoms with Crippen molar-refractivity contribution >= 4 is 23.6 Å². The van der Waals surface area contributed by atoms with Gasteiger partial charge in [0.05, 0.1) is 5.75 Å². The number of likely N-dealkylation sites (N-methyl/N-ethyl adjacent to an activating group) is 1. The lowest BCUT2D eigenvalue weighted by molar-refractivity contribution is -0.139. The Kier molecular flexibility index (Phi) is 8.24. The van der Waals surface area contributed by atoms with Gasteiger partial charge in [-0.25, -0.2) is 4.39 Å². The van der Waals surface area contributed by atoms with Gasteiger partial charge in [-0.1, -0.05) is 60.7 Å². The number of rotatable bonds is 9. The molecule has 0 aliphatic carbocycles. The highest BCUT2D eigenvalue weighted by molar-refractivity contribution is 8.00. The number of amides is 2. The molecule has 2 amide bonds. The molecule has 0 bridgehead atoms.